The molecule has 6 nitrogen and oxygen atoms in total. The quantitative estimate of drug-likeness (QED) is 0.800. The van der Waals surface area contributed by atoms with Crippen LogP contribution in [-0.4, -0.2) is 37.5 Å². The van der Waals surface area contributed by atoms with Crippen molar-refractivity contribution in [2.45, 2.75) is 19.8 Å². The number of ether oxygens (including phenoxy) is 1. The summed E-state index contributed by atoms with van der Waals surface area (Å²) in [6.45, 7) is 2.10. The molecule has 23 heavy (non-hydrogen) atoms. The number of rotatable bonds is 6. The minimum absolute atomic E-state index is 0.0508. The van der Waals surface area contributed by atoms with Crippen LogP contribution in [0.15, 0.2) is 24.3 Å². The summed E-state index contributed by atoms with van der Waals surface area (Å²) in [5.41, 5.74) is 0.147. The lowest BCUT2D eigenvalue weighted by Crippen LogP contribution is -2.31. The molecule has 1 N–H and O–H groups in total. The fourth-order valence-electron chi connectivity index (χ4n) is 2.34. The molecule has 1 atom stereocenters. The van der Waals surface area contributed by atoms with Gasteiger partial charge < -0.3 is 15.0 Å². The summed E-state index contributed by atoms with van der Waals surface area (Å²) in [5.74, 6) is -2.55. The number of carbonyl (C=O) groups excluding carboxylic acids is 3. The van der Waals surface area contributed by atoms with Gasteiger partial charge in [-0.05, 0) is 18.6 Å². The van der Waals surface area contributed by atoms with E-state index in [-0.39, 0.29) is 37.1 Å². The highest BCUT2D eigenvalue weighted by atomic mass is 19.1. The van der Waals surface area contributed by atoms with Gasteiger partial charge in [0.1, 0.15) is 5.82 Å². The summed E-state index contributed by atoms with van der Waals surface area (Å²) in [5, 5.41) is 2.59. The Morgan fingerprint density at radius 2 is 2.13 bits per heavy atom. The maximum absolute atomic E-state index is 13.8. The zero-order valence-corrected chi connectivity index (χ0v) is 12.9. The first-order chi connectivity index (χ1) is 11.0. The number of nitrogens with zero attached hydrogens (tertiary/aromatic N) is 1. The lowest BCUT2D eigenvalue weighted by molar-refractivity contribution is -0.152. The normalized spacial score (nSPS) is 17.2. The molecule has 0 spiro atoms. The molecule has 1 aromatic carbocycles. The molecule has 0 unspecified atom stereocenters. The summed E-state index contributed by atoms with van der Waals surface area (Å²) in [6, 6.07) is 5.89. The third-order valence-electron chi connectivity index (χ3n) is 3.52. The van der Waals surface area contributed by atoms with Gasteiger partial charge in [-0.15, -0.1) is 0 Å². The van der Waals surface area contributed by atoms with E-state index in [1.54, 1.807) is 6.07 Å². The number of hydrogen-bond acceptors (Lipinski definition) is 4. The van der Waals surface area contributed by atoms with Gasteiger partial charge in [-0.3, -0.25) is 14.4 Å². The molecule has 7 heteroatoms. The third-order valence-corrected chi connectivity index (χ3v) is 3.52. The predicted molar refractivity (Wildman–Crippen MR) is 81.1 cm³/mol. The average molecular weight is 322 g/mol. The standard InChI is InChI=1S/C16H19FN2O4/c1-2-7-18-14(20)10-23-16(22)11-8-15(21)19(9-11)13-6-4-3-5-12(13)17/h3-6,11H,2,7-10H2,1H3,(H,18,20)/t11-/m1/s1. The van der Waals surface area contributed by atoms with Crippen LogP contribution in [0.25, 0.3) is 0 Å². The molecule has 0 saturated carbocycles. The van der Waals surface area contributed by atoms with E-state index in [1.165, 1.54) is 23.1 Å². The summed E-state index contributed by atoms with van der Waals surface area (Å²) < 4.78 is 18.7. The number of esters is 1. The van der Waals surface area contributed by atoms with Gasteiger partial charge in [0.05, 0.1) is 11.6 Å². The Labute approximate surface area is 133 Å². The Bertz CT molecular complexity index is 605. The number of benzene rings is 1. The predicted octanol–water partition coefficient (Wildman–Crippen LogP) is 1.25. The number of hydrogen-bond donors (Lipinski definition) is 1. The van der Waals surface area contributed by atoms with Gasteiger partial charge in [0.25, 0.3) is 5.91 Å². The van der Waals surface area contributed by atoms with Gasteiger partial charge in [0.2, 0.25) is 5.91 Å². The molecule has 2 amide bonds. The van der Waals surface area contributed by atoms with Crippen molar-refractivity contribution in [1.29, 1.82) is 0 Å². The van der Waals surface area contributed by atoms with E-state index in [4.69, 9.17) is 4.74 Å². The van der Waals surface area contributed by atoms with E-state index < -0.39 is 17.7 Å². The Balaban J connectivity index is 1.91. The number of para-hydroxylation sites is 1. The molecule has 1 aromatic rings. The minimum atomic E-state index is -0.693. The first-order valence-corrected chi connectivity index (χ1v) is 7.51. The summed E-state index contributed by atoms with van der Waals surface area (Å²) >= 11 is 0. The van der Waals surface area contributed by atoms with Gasteiger partial charge in [0.15, 0.2) is 6.61 Å². The molecule has 1 aliphatic heterocycles. The first-order valence-electron chi connectivity index (χ1n) is 7.51. The number of anilines is 1. The van der Waals surface area contributed by atoms with Crippen LogP contribution in [-0.2, 0) is 19.1 Å². The van der Waals surface area contributed by atoms with Crippen LogP contribution in [0.1, 0.15) is 19.8 Å². The number of amides is 2. The molecular weight excluding hydrogens is 303 g/mol. The van der Waals surface area contributed by atoms with Crippen LogP contribution >= 0.6 is 0 Å². The topological polar surface area (TPSA) is 75.7 Å². The maximum Gasteiger partial charge on any atom is 0.311 e. The van der Waals surface area contributed by atoms with Gasteiger partial charge in [-0.1, -0.05) is 19.1 Å². The average Bonchev–Trinajstić information content (AvgIpc) is 2.93. The highest BCUT2D eigenvalue weighted by molar-refractivity contribution is 5.99. The summed E-state index contributed by atoms with van der Waals surface area (Å²) in [7, 11) is 0. The van der Waals surface area contributed by atoms with Gasteiger partial charge in [-0.2, -0.15) is 0 Å². The zero-order chi connectivity index (χ0) is 16.8. The van der Waals surface area contributed by atoms with E-state index in [0.717, 1.165) is 6.42 Å². The molecule has 1 fully saturated rings. The molecule has 2 rings (SSSR count). The lowest BCUT2D eigenvalue weighted by Gasteiger charge is -2.17. The van der Waals surface area contributed by atoms with Crippen LogP contribution in [0.3, 0.4) is 0 Å². The maximum atomic E-state index is 13.8. The van der Waals surface area contributed by atoms with Crippen molar-refractivity contribution < 1.29 is 23.5 Å². The number of carbonyl (C=O) groups is 3. The van der Waals surface area contributed by atoms with Gasteiger partial charge in [-0.25, -0.2) is 4.39 Å². The fraction of sp³-hybridized carbons (Fsp3) is 0.438. The fourth-order valence-corrected chi connectivity index (χ4v) is 2.34. The first kappa shape index (κ1) is 16.9. The molecule has 1 saturated heterocycles. The largest absolute Gasteiger partial charge is 0.455 e. The van der Waals surface area contributed by atoms with Crippen molar-refractivity contribution in [3.05, 3.63) is 30.1 Å². The van der Waals surface area contributed by atoms with E-state index in [1.807, 2.05) is 6.92 Å². The van der Waals surface area contributed by atoms with E-state index >= 15 is 0 Å². The second kappa shape index (κ2) is 7.71. The van der Waals surface area contributed by atoms with Crippen LogP contribution in [0.5, 0.6) is 0 Å². The number of nitrogens with one attached hydrogen (secondary N) is 1. The molecular formula is C16H19FN2O4. The number of halogens is 1. The Kier molecular flexibility index (Phi) is 5.67. The second-order valence-electron chi connectivity index (χ2n) is 5.31. The zero-order valence-electron chi connectivity index (χ0n) is 12.9. The summed E-state index contributed by atoms with van der Waals surface area (Å²) in [4.78, 5) is 36.6. The van der Waals surface area contributed by atoms with E-state index in [0.29, 0.717) is 6.54 Å². The SMILES string of the molecule is CCCNC(=O)COC(=O)[C@@H]1CC(=O)N(c2ccccc2F)C1. The van der Waals surface area contributed by atoms with Crippen molar-refractivity contribution in [2.24, 2.45) is 5.92 Å². The summed E-state index contributed by atoms with van der Waals surface area (Å²) in [6.07, 6.45) is 0.734. The van der Waals surface area contributed by atoms with Gasteiger partial charge in [0, 0.05) is 19.5 Å². The van der Waals surface area contributed by atoms with Crippen LogP contribution < -0.4 is 10.2 Å². The molecule has 0 radical (unpaired) electrons. The molecule has 0 aromatic heterocycles. The molecule has 1 heterocycles. The second-order valence-corrected chi connectivity index (χ2v) is 5.31. The Hall–Kier alpha value is -2.44. The molecule has 0 aliphatic carbocycles. The van der Waals surface area contributed by atoms with Crippen molar-refractivity contribution in [2.75, 3.05) is 24.6 Å². The van der Waals surface area contributed by atoms with Crippen LogP contribution in [0.4, 0.5) is 10.1 Å². The van der Waals surface area contributed by atoms with Crippen molar-refractivity contribution in [1.82, 2.24) is 5.32 Å². The van der Waals surface area contributed by atoms with Crippen molar-refractivity contribution in [3.8, 4) is 0 Å². The highest BCUT2D eigenvalue weighted by Gasteiger charge is 2.37. The molecule has 124 valence electrons. The minimum Gasteiger partial charge on any atom is -0.455 e. The highest BCUT2D eigenvalue weighted by Crippen LogP contribution is 2.27. The van der Waals surface area contributed by atoms with E-state index in [9.17, 15) is 18.8 Å². The van der Waals surface area contributed by atoms with E-state index in [2.05, 4.69) is 5.32 Å². The van der Waals surface area contributed by atoms with Gasteiger partial charge >= 0.3 is 5.97 Å². The lowest BCUT2D eigenvalue weighted by atomic mass is 10.1. The van der Waals surface area contributed by atoms with Crippen molar-refractivity contribution >= 4 is 23.5 Å². The van der Waals surface area contributed by atoms with Crippen LogP contribution in [0.2, 0.25) is 0 Å². The molecule has 0 bridgehead atoms. The monoisotopic (exact) mass is 322 g/mol. The van der Waals surface area contributed by atoms with Crippen molar-refractivity contribution in [3.63, 3.8) is 0 Å². The Morgan fingerprint density at radius 1 is 1.39 bits per heavy atom. The Morgan fingerprint density at radius 3 is 2.83 bits per heavy atom. The third kappa shape index (κ3) is 4.28. The van der Waals surface area contributed by atoms with Crippen LogP contribution in [0, 0.1) is 11.7 Å². The molecule has 1 aliphatic rings. The smallest absolute Gasteiger partial charge is 0.311 e.